The smallest absolute Gasteiger partial charge is 0.277 e. The Morgan fingerprint density at radius 2 is 2.04 bits per heavy atom. The molecule has 0 spiro atoms. The molecule has 1 saturated carbocycles. The number of hydrogen-bond donors (Lipinski definition) is 1. The maximum absolute atomic E-state index is 12.3. The number of oxazole rings is 1. The van der Waals surface area contributed by atoms with Gasteiger partial charge in [0.15, 0.2) is 11.6 Å². The van der Waals surface area contributed by atoms with Gasteiger partial charge in [-0.05, 0) is 38.8 Å². The van der Waals surface area contributed by atoms with Crippen LogP contribution >= 0.6 is 0 Å². The molecule has 1 aliphatic carbocycles. The zero-order chi connectivity index (χ0) is 16.9. The Hall–Kier alpha value is -2.37. The number of rotatable bonds is 6. The van der Waals surface area contributed by atoms with Crippen LogP contribution in [-0.4, -0.2) is 29.0 Å². The lowest BCUT2D eigenvalue weighted by Gasteiger charge is -2.19. The molecule has 24 heavy (non-hydrogen) atoms. The minimum absolute atomic E-state index is 0.264. The molecule has 3 rings (SSSR count). The Labute approximate surface area is 142 Å². The molecule has 1 amide bonds. The van der Waals surface area contributed by atoms with Crippen molar-refractivity contribution in [2.24, 2.45) is 0 Å². The molecular formula is C18H24N4O2. The van der Waals surface area contributed by atoms with Gasteiger partial charge in [0.25, 0.3) is 5.91 Å². The first kappa shape index (κ1) is 16.5. The lowest BCUT2D eigenvalue weighted by Crippen LogP contribution is -2.22. The van der Waals surface area contributed by atoms with Crippen LogP contribution < -0.4 is 10.2 Å². The van der Waals surface area contributed by atoms with Crippen molar-refractivity contribution in [1.82, 2.24) is 9.97 Å². The number of aromatic nitrogens is 2. The van der Waals surface area contributed by atoms with Crippen molar-refractivity contribution in [3.63, 3.8) is 0 Å². The van der Waals surface area contributed by atoms with Crippen molar-refractivity contribution in [2.75, 3.05) is 23.3 Å². The molecule has 2 aromatic rings. The molecule has 6 heteroatoms. The largest absolute Gasteiger partial charge is 0.448 e. The van der Waals surface area contributed by atoms with Crippen LogP contribution in [0.4, 0.5) is 11.5 Å². The van der Waals surface area contributed by atoms with Crippen LogP contribution in [0, 0.1) is 0 Å². The van der Waals surface area contributed by atoms with Gasteiger partial charge in [-0.1, -0.05) is 12.8 Å². The maximum atomic E-state index is 12.3. The van der Waals surface area contributed by atoms with Crippen LogP contribution in [0.5, 0.6) is 0 Å². The Bertz CT molecular complexity index is 671. The zero-order valence-corrected chi connectivity index (χ0v) is 14.3. The summed E-state index contributed by atoms with van der Waals surface area (Å²) in [6.45, 7) is 5.98. The van der Waals surface area contributed by atoms with E-state index in [-0.39, 0.29) is 5.91 Å². The van der Waals surface area contributed by atoms with Crippen molar-refractivity contribution in [3.8, 4) is 0 Å². The molecule has 1 aliphatic rings. The monoisotopic (exact) mass is 328 g/mol. The van der Waals surface area contributed by atoms with E-state index in [1.165, 1.54) is 19.1 Å². The van der Waals surface area contributed by atoms with Gasteiger partial charge in [-0.2, -0.15) is 0 Å². The van der Waals surface area contributed by atoms with Crippen molar-refractivity contribution >= 4 is 17.4 Å². The predicted molar refractivity (Wildman–Crippen MR) is 93.5 cm³/mol. The predicted octanol–water partition coefficient (Wildman–Crippen LogP) is 3.83. The first-order valence-corrected chi connectivity index (χ1v) is 8.69. The maximum Gasteiger partial charge on any atom is 0.277 e. The highest BCUT2D eigenvalue weighted by Gasteiger charge is 2.23. The van der Waals surface area contributed by atoms with Gasteiger partial charge in [-0.3, -0.25) is 4.79 Å². The van der Waals surface area contributed by atoms with E-state index in [1.807, 2.05) is 12.1 Å². The number of nitrogens with one attached hydrogen (secondary N) is 1. The molecule has 0 atom stereocenters. The second kappa shape index (κ2) is 7.47. The average molecular weight is 328 g/mol. The summed E-state index contributed by atoms with van der Waals surface area (Å²) in [5.74, 6) is 1.69. The standard InChI is InChI=1S/C18H24N4O2/c1-3-22(4-2)16-10-9-14(11-19-16)20-17(23)15-12-24-18(21-15)13-7-5-6-8-13/h9-13H,3-8H2,1-2H3,(H,20,23). The number of nitrogens with zero attached hydrogens (tertiary/aromatic N) is 3. The summed E-state index contributed by atoms with van der Waals surface area (Å²) in [5.41, 5.74) is 0.978. The van der Waals surface area contributed by atoms with E-state index in [0.717, 1.165) is 31.7 Å². The lowest BCUT2D eigenvalue weighted by atomic mass is 10.1. The Morgan fingerprint density at radius 3 is 2.67 bits per heavy atom. The number of pyridine rings is 1. The molecule has 1 fully saturated rings. The van der Waals surface area contributed by atoms with E-state index >= 15 is 0 Å². The average Bonchev–Trinajstić information content (AvgIpc) is 3.29. The van der Waals surface area contributed by atoms with Gasteiger partial charge in [0.05, 0.1) is 11.9 Å². The SMILES string of the molecule is CCN(CC)c1ccc(NC(=O)c2coc(C3CCCC3)n2)cn1. The van der Waals surface area contributed by atoms with E-state index in [1.54, 1.807) is 6.20 Å². The van der Waals surface area contributed by atoms with Crippen molar-refractivity contribution in [2.45, 2.75) is 45.4 Å². The molecule has 0 aromatic carbocycles. The third-order valence-electron chi connectivity index (χ3n) is 4.55. The topological polar surface area (TPSA) is 71.3 Å². The fourth-order valence-corrected chi connectivity index (χ4v) is 3.14. The van der Waals surface area contributed by atoms with Gasteiger partial charge in [-0.25, -0.2) is 9.97 Å². The van der Waals surface area contributed by atoms with E-state index in [2.05, 4.69) is 34.0 Å². The Kier molecular flexibility index (Phi) is 5.13. The fourth-order valence-electron chi connectivity index (χ4n) is 3.14. The molecule has 1 N–H and O–H groups in total. The summed E-state index contributed by atoms with van der Waals surface area (Å²) >= 11 is 0. The summed E-state index contributed by atoms with van der Waals surface area (Å²) in [4.78, 5) is 23.2. The number of amides is 1. The second-order valence-electron chi connectivity index (χ2n) is 6.08. The van der Waals surface area contributed by atoms with E-state index in [9.17, 15) is 4.79 Å². The molecule has 2 aromatic heterocycles. The highest BCUT2D eigenvalue weighted by molar-refractivity contribution is 6.02. The van der Waals surface area contributed by atoms with Crippen LogP contribution in [-0.2, 0) is 0 Å². The van der Waals surface area contributed by atoms with Gasteiger partial charge < -0.3 is 14.6 Å². The normalized spacial score (nSPS) is 14.8. The quantitative estimate of drug-likeness (QED) is 0.872. The highest BCUT2D eigenvalue weighted by atomic mass is 16.3. The third kappa shape index (κ3) is 3.58. The van der Waals surface area contributed by atoms with E-state index in [0.29, 0.717) is 23.2 Å². The Morgan fingerprint density at radius 1 is 1.29 bits per heavy atom. The van der Waals surface area contributed by atoms with Crippen molar-refractivity contribution < 1.29 is 9.21 Å². The van der Waals surface area contributed by atoms with Crippen molar-refractivity contribution in [1.29, 1.82) is 0 Å². The van der Waals surface area contributed by atoms with Gasteiger partial charge in [0.2, 0.25) is 0 Å². The minimum atomic E-state index is -0.264. The van der Waals surface area contributed by atoms with Crippen LogP contribution in [0.15, 0.2) is 29.0 Å². The number of anilines is 2. The second-order valence-corrected chi connectivity index (χ2v) is 6.08. The summed E-state index contributed by atoms with van der Waals surface area (Å²) < 4.78 is 5.49. The summed E-state index contributed by atoms with van der Waals surface area (Å²) in [6.07, 6.45) is 7.72. The lowest BCUT2D eigenvalue weighted by molar-refractivity contribution is 0.102. The van der Waals surface area contributed by atoms with Gasteiger partial charge in [0.1, 0.15) is 12.1 Å². The van der Waals surface area contributed by atoms with Gasteiger partial charge >= 0.3 is 0 Å². The van der Waals surface area contributed by atoms with Gasteiger partial charge in [0, 0.05) is 19.0 Å². The Balaban J connectivity index is 1.64. The molecular weight excluding hydrogens is 304 g/mol. The molecule has 0 saturated heterocycles. The molecule has 0 bridgehead atoms. The summed E-state index contributed by atoms with van der Waals surface area (Å²) in [5, 5.41) is 2.82. The van der Waals surface area contributed by atoms with Crippen LogP contribution in [0.3, 0.4) is 0 Å². The molecule has 128 valence electrons. The van der Waals surface area contributed by atoms with Gasteiger partial charge in [-0.15, -0.1) is 0 Å². The van der Waals surface area contributed by atoms with Crippen LogP contribution in [0.2, 0.25) is 0 Å². The summed E-state index contributed by atoms with van der Waals surface area (Å²) in [7, 11) is 0. The first-order chi connectivity index (χ1) is 11.7. The summed E-state index contributed by atoms with van der Waals surface area (Å²) in [6, 6.07) is 3.77. The minimum Gasteiger partial charge on any atom is -0.448 e. The fraction of sp³-hybridized carbons (Fsp3) is 0.500. The number of hydrogen-bond acceptors (Lipinski definition) is 5. The third-order valence-corrected chi connectivity index (χ3v) is 4.55. The molecule has 6 nitrogen and oxygen atoms in total. The van der Waals surface area contributed by atoms with E-state index < -0.39 is 0 Å². The number of carbonyl (C=O) groups excluding carboxylic acids is 1. The van der Waals surface area contributed by atoms with Crippen molar-refractivity contribution in [3.05, 3.63) is 36.2 Å². The number of carbonyl (C=O) groups is 1. The van der Waals surface area contributed by atoms with Crippen LogP contribution in [0.25, 0.3) is 0 Å². The van der Waals surface area contributed by atoms with Crippen LogP contribution in [0.1, 0.15) is 61.8 Å². The zero-order valence-electron chi connectivity index (χ0n) is 14.3. The molecule has 0 aliphatic heterocycles. The first-order valence-electron chi connectivity index (χ1n) is 8.69. The molecule has 0 radical (unpaired) electrons. The molecule has 2 heterocycles. The highest BCUT2D eigenvalue weighted by Crippen LogP contribution is 2.33. The van der Waals surface area contributed by atoms with E-state index in [4.69, 9.17) is 4.42 Å². The molecule has 0 unspecified atom stereocenters.